The van der Waals surface area contributed by atoms with E-state index < -0.39 is 6.17 Å². The average molecular weight is 233 g/mol. The zero-order chi connectivity index (χ0) is 8.97. The number of rotatable bonds is 3. The molecule has 0 heterocycles. The molecule has 0 saturated carbocycles. The average Bonchev–Trinajstić information content (AvgIpc) is 2.17. The van der Waals surface area contributed by atoms with Crippen LogP contribution < -0.4 is 4.74 Å². The first kappa shape index (κ1) is 9.52. The fourth-order valence-corrected chi connectivity index (χ4v) is 1.28. The number of hydrogen-bond donors (Lipinski definition) is 0. The lowest BCUT2D eigenvalue weighted by molar-refractivity contribution is 0.381. The van der Waals surface area contributed by atoms with E-state index in [1.54, 1.807) is 31.4 Å². The van der Waals surface area contributed by atoms with Gasteiger partial charge in [-0.2, -0.15) is 0 Å². The molecule has 1 rings (SSSR count). The molecule has 1 unspecified atom stereocenters. The Bertz CT molecular complexity index is 235. The lowest BCUT2D eigenvalue weighted by atomic mass is 10.1. The quantitative estimate of drug-likeness (QED) is 0.729. The van der Waals surface area contributed by atoms with Gasteiger partial charge in [-0.05, 0) is 17.7 Å². The van der Waals surface area contributed by atoms with Crippen molar-refractivity contribution in [1.29, 1.82) is 0 Å². The first-order chi connectivity index (χ1) is 5.77. The van der Waals surface area contributed by atoms with Gasteiger partial charge in [-0.1, -0.05) is 28.1 Å². The Labute approximate surface area is 79.7 Å². The lowest BCUT2D eigenvalue weighted by Gasteiger charge is -2.05. The van der Waals surface area contributed by atoms with Gasteiger partial charge in [-0.3, -0.25) is 0 Å². The van der Waals surface area contributed by atoms with E-state index in [1.165, 1.54) is 0 Å². The number of hydrogen-bond acceptors (Lipinski definition) is 1. The summed E-state index contributed by atoms with van der Waals surface area (Å²) in [5.41, 5.74) is 0.674. The molecule has 0 aromatic heterocycles. The summed E-state index contributed by atoms with van der Waals surface area (Å²) in [7, 11) is 1.59. The van der Waals surface area contributed by atoms with Crippen molar-refractivity contribution < 1.29 is 9.13 Å². The fraction of sp³-hybridized carbons (Fsp3) is 0.333. The molecule has 0 aliphatic heterocycles. The van der Waals surface area contributed by atoms with Crippen molar-refractivity contribution in [1.82, 2.24) is 0 Å². The van der Waals surface area contributed by atoms with E-state index >= 15 is 0 Å². The number of ether oxygens (including phenoxy) is 1. The monoisotopic (exact) mass is 232 g/mol. The summed E-state index contributed by atoms with van der Waals surface area (Å²) in [6, 6.07) is 6.96. The zero-order valence-electron chi connectivity index (χ0n) is 6.76. The molecule has 66 valence electrons. The van der Waals surface area contributed by atoms with Gasteiger partial charge in [0.1, 0.15) is 11.9 Å². The Morgan fingerprint density at radius 1 is 1.42 bits per heavy atom. The Hall–Kier alpha value is -0.570. The van der Waals surface area contributed by atoms with Crippen molar-refractivity contribution in [3.63, 3.8) is 0 Å². The number of halogens is 2. The van der Waals surface area contributed by atoms with Gasteiger partial charge in [0.2, 0.25) is 0 Å². The fourth-order valence-electron chi connectivity index (χ4n) is 0.902. The van der Waals surface area contributed by atoms with Crippen LogP contribution in [-0.2, 0) is 0 Å². The highest BCUT2D eigenvalue weighted by Gasteiger charge is 2.06. The van der Waals surface area contributed by atoms with Crippen LogP contribution in [-0.4, -0.2) is 12.4 Å². The topological polar surface area (TPSA) is 9.23 Å². The van der Waals surface area contributed by atoms with Gasteiger partial charge in [-0.15, -0.1) is 0 Å². The Morgan fingerprint density at radius 3 is 2.42 bits per heavy atom. The first-order valence-corrected chi connectivity index (χ1v) is 4.74. The molecule has 1 aromatic rings. The third-order valence-corrected chi connectivity index (χ3v) is 2.18. The highest BCUT2D eigenvalue weighted by Crippen LogP contribution is 2.21. The maximum Gasteiger partial charge on any atom is 0.135 e. The normalized spacial score (nSPS) is 12.6. The Kier molecular flexibility index (Phi) is 3.53. The largest absolute Gasteiger partial charge is 0.497 e. The van der Waals surface area contributed by atoms with E-state index in [4.69, 9.17) is 4.74 Å². The van der Waals surface area contributed by atoms with Crippen molar-refractivity contribution in [3.05, 3.63) is 29.8 Å². The van der Waals surface area contributed by atoms with Gasteiger partial charge in [0, 0.05) is 5.33 Å². The van der Waals surface area contributed by atoms with E-state index in [9.17, 15) is 4.39 Å². The van der Waals surface area contributed by atoms with Crippen LogP contribution in [0.25, 0.3) is 0 Å². The smallest absolute Gasteiger partial charge is 0.135 e. The Balaban J connectivity index is 2.77. The van der Waals surface area contributed by atoms with Crippen molar-refractivity contribution in [2.45, 2.75) is 6.17 Å². The number of benzene rings is 1. The van der Waals surface area contributed by atoms with Gasteiger partial charge < -0.3 is 4.74 Å². The molecule has 0 fully saturated rings. The molecule has 3 heteroatoms. The maximum atomic E-state index is 13.0. The van der Waals surface area contributed by atoms with Crippen LogP contribution in [0, 0.1) is 0 Å². The molecule has 0 radical (unpaired) electrons. The van der Waals surface area contributed by atoms with Crippen LogP contribution in [0.15, 0.2) is 24.3 Å². The van der Waals surface area contributed by atoms with E-state index in [-0.39, 0.29) is 0 Å². The van der Waals surface area contributed by atoms with Crippen LogP contribution in [0.3, 0.4) is 0 Å². The van der Waals surface area contributed by atoms with Gasteiger partial charge in [0.25, 0.3) is 0 Å². The summed E-state index contributed by atoms with van der Waals surface area (Å²) in [5, 5.41) is 0.333. The van der Waals surface area contributed by atoms with E-state index in [2.05, 4.69) is 15.9 Å². The second-order valence-corrected chi connectivity index (χ2v) is 3.04. The van der Waals surface area contributed by atoms with Crippen LogP contribution in [0.2, 0.25) is 0 Å². The molecule has 0 aliphatic carbocycles. The summed E-state index contributed by atoms with van der Waals surface area (Å²) >= 11 is 3.08. The molecule has 0 aliphatic rings. The van der Waals surface area contributed by atoms with Crippen molar-refractivity contribution in [2.24, 2.45) is 0 Å². The van der Waals surface area contributed by atoms with E-state index in [0.29, 0.717) is 10.9 Å². The van der Waals surface area contributed by atoms with Crippen molar-refractivity contribution in [2.75, 3.05) is 12.4 Å². The van der Waals surface area contributed by atoms with Gasteiger partial charge in [0.15, 0.2) is 0 Å². The predicted molar refractivity (Wildman–Crippen MR) is 50.6 cm³/mol. The van der Waals surface area contributed by atoms with Gasteiger partial charge in [-0.25, -0.2) is 4.39 Å². The van der Waals surface area contributed by atoms with E-state index in [0.717, 1.165) is 5.75 Å². The van der Waals surface area contributed by atoms with Crippen LogP contribution in [0.4, 0.5) is 4.39 Å². The Morgan fingerprint density at radius 2 is 2.00 bits per heavy atom. The molecule has 1 atom stereocenters. The van der Waals surface area contributed by atoms with Crippen LogP contribution >= 0.6 is 15.9 Å². The maximum absolute atomic E-state index is 13.0. The third kappa shape index (κ3) is 2.21. The van der Waals surface area contributed by atoms with Crippen molar-refractivity contribution in [3.8, 4) is 5.75 Å². The SMILES string of the molecule is COc1ccc(C(F)CBr)cc1. The molecule has 1 nitrogen and oxygen atoms in total. The molecule has 0 amide bonds. The highest BCUT2D eigenvalue weighted by atomic mass is 79.9. The summed E-state index contributed by atoms with van der Waals surface area (Å²) in [6.07, 6.45) is -0.934. The third-order valence-electron chi connectivity index (χ3n) is 1.61. The molecule has 0 saturated heterocycles. The number of methoxy groups -OCH3 is 1. The molecule has 1 aromatic carbocycles. The standard InChI is InChI=1S/C9H10BrFO/c1-12-8-4-2-7(3-5-8)9(11)6-10/h2-5,9H,6H2,1H3. The van der Waals surface area contributed by atoms with Crippen molar-refractivity contribution >= 4 is 15.9 Å². The predicted octanol–water partition coefficient (Wildman–Crippen LogP) is 3.10. The lowest BCUT2D eigenvalue weighted by Crippen LogP contribution is -1.92. The zero-order valence-corrected chi connectivity index (χ0v) is 8.34. The molecule has 12 heavy (non-hydrogen) atoms. The van der Waals surface area contributed by atoms with Crippen LogP contribution in [0.5, 0.6) is 5.75 Å². The molecule has 0 spiro atoms. The molecule has 0 bridgehead atoms. The first-order valence-electron chi connectivity index (χ1n) is 3.62. The molecular weight excluding hydrogens is 223 g/mol. The summed E-state index contributed by atoms with van der Waals surface area (Å²) in [4.78, 5) is 0. The van der Waals surface area contributed by atoms with Gasteiger partial charge >= 0.3 is 0 Å². The second-order valence-electron chi connectivity index (χ2n) is 2.39. The number of alkyl halides is 2. The van der Waals surface area contributed by atoms with Crippen LogP contribution in [0.1, 0.15) is 11.7 Å². The molecular formula is C9H10BrFO. The summed E-state index contributed by atoms with van der Waals surface area (Å²) in [6.45, 7) is 0. The summed E-state index contributed by atoms with van der Waals surface area (Å²) < 4.78 is 18.0. The molecule has 0 N–H and O–H groups in total. The van der Waals surface area contributed by atoms with E-state index in [1.807, 2.05) is 0 Å². The van der Waals surface area contributed by atoms with Gasteiger partial charge in [0.05, 0.1) is 7.11 Å². The second kappa shape index (κ2) is 4.45. The minimum absolute atomic E-state index is 0.333. The minimum Gasteiger partial charge on any atom is -0.497 e. The highest BCUT2D eigenvalue weighted by molar-refractivity contribution is 9.09. The minimum atomic E-state index is -0.934. The summed E-state index contributed by atoms with van der Waals surface area (Å²) in [5.74, 6) is 0.750.